The van der Waals surface area contributed by atoms with Crippen molar-refractivity contribution in [2.24, 2.45) is 0 Å². The normalized spacial score (nSPS) is 13.0. The fourth-order valence-corrected chi connectivity index (χ4v) is 3.62. The molecule has 0 N–H and O–H groups in total. The van der Waals surface area contributed by atoms with Gasteiger partial charge < -0.3 is 9.47 Å². The second-order valence-corrected chi connectivity index (χ2v) is 8.32. The van der Waals surface area contributed by atoms with Crippen LogP contribution in [0.25, 0.3) is 0 Å². The minimum atomic E-state index is -4.52. The summed E-state index contributed by atoms with van der Waals surface area (Å²) in [5.41, 5.74) is -0.344. The molecular formula is C24H16BrClF3NO3. The zero-order chi connectivity index (χ0) is 24.2. The number of carbonyl (C=O) groups excluding carboxylic acids is 1. The molecule has 4 nitrogen and oxygen atoms in total. The van der Waals surface area contributed by atoms with E-state index in [0.717, 1.165) is 22.7 Å². The van der Waals surface area contributed by atoms with Gasteiger partial charge in [-0.05, 0) is 55.0 Å². The van der Waals surface area contributed by atoms with Crippen molar-refractivity contribution < 1.29 is 27.4 Å². The molecule has 170 valence electrons. The number of ketones is 1. The number of ether oxygens (including phenoxy) is 2. The van der Waals surface area contributed by atoms with Crippen LogP contribution in [0.2, 0.25) is 5.02 Å². The standard InChI is InChI=1S/C24H16BrClF3NO3/c1-14(23(31)20(13-30)15-4-2-5-17(25)10-15)32-18-6-3-7-19(12-18)33-22-9-8-16(11-21(22)26)24(27,28)29/h2-12,14,20H,1H3. The number of alkyl halides is 3. The number of nitriles is 1. The van der Waals surface area contributed by atoms with Crippen molar-refractivity contribution in [2.45, 2.75) is 25.1 Å². The summed E-state index contributed by atoms with van der Waals surface area (Å²) >= 11 is 9.26. The van der Waals surface area contributed by atoms with Crippen molar-refractivity contribution in [1.29, 1.82) is 5.26 Å². The highest BCUT2D eigenvalue weighted by molar-refractivity contribution is 9.10. The fraction of sp³-hybridized carbons (Fsp3) is 0.167. The molecule has 0 saturated carbocycles. The van der Waals surface area contributed by atoms with Crippen LogP contribution in [0.15, 0.2) is 71.2 Å². The predicted molar refractivity (Wildman–Crippen MR) is 121 cm³/mol. The third kappa shape index (κ3) is 6.28. The maximum atomic E-state index is 12.8. The van der Waals surface area contributed by atoms with Gasteiger partial charge in [-0.2, -0.15) is 18.4 Å². The lowest BCUT2D eigenvalue weighted by atomic mass is 9.93. The van der Waals surface area contributed by atoms with E-state index in [9.17, 15) is 23.2 Å². The van der Waals surface area contributed by atoms with Crippen LogP contribution >= 0.6 is 27.5 Å². The van der Waals surface area contributed by atoms with Gasteiger partial charge in [0.1, 0.15) is 23.2 Å². The first-order valence-electron chi connectivity index (χ1n) is 9.58. The number of carbonyl (C=O) groups is 1. The van der Waals surface area contributed by atoms with Crippen LogP contribution in [0, 0.1) is 11.3 Å². The molecule has 0 amide bonds. The highest BCUT2D eigenvalue weighted by atomic mass is 79.9. The summed E-state index contributed by atoms with van der Waals surface area (Å²) < 4.78 is 50.5. The zero-order valence-corrected chi connectivity index (χ0v) is 19.4. The van der Waals surface area contributed by atoms with Gasteiger partial charge in [-0.3, -0.25) is 4.79 Å². The monoisotopic (exact) mass is 537 g/mol. The number of halogens is 5. The van der Waals surface area contributed by atoms with Crippen LogP contribution in [0.1, 0.15) is 24.0 Å². The Balaban J connectivity index is 1.73. The Morgan fingerprint density at radius 1 is 1.06 bits per heavy atom. The fourth-order valence-electron chi connectivity index (χ4n) is 2.98. The minimum absolute atomic E-state index is 0.0325. The Kier molecular flexibility index (Phi) is 7.67. The van der Waals surface area contributed by atoms with E-state index in [1.165, 1.54) is 13.0 Å². The Labute approximate surface area is 201 Å². The molecule has 0 saturated heterocycles. The first kappa shape index (κ1) is 24.6. The second-order valence-electron chi connectivity index (χ2n) is 7.00. The third-order valence-electron chi connectivity index (χ3n) is 4.60. The van der Waals surface area contributed by atoms with Crippen molar-refractivity contribution in [3.63, 3.8) is 0 Å². The van der Waals surface area contributed by atoms with Crippen LogP contribution in [0.4, 0.5) is 13.2 Å². The SMILES string of the molecule is CC(Oc1cccc(Oc2ccc(C(F)(F)F)cc2Cl)c1)C(=O)C(C#N)c1cccc(Br)c1. The Hall–Kier alpha value is -3.02. The van der Waals surface area contributed by atoms with Gasteiger partial charge in [0.2, 0.25) is 0 Å². The summed E-state index contributed by atoms with van der Waals surface area (Å²) in [5.74, 6) is -0.874. The van der Waals surface area contributed by atoms with Gasteiger partial charge in [0.05, 0.1) is 16.7 Å². The maximum Gasteiger partial charge on any atom is 0.416 e. The van der Waals surface area contributed by atoms with Crippen molar-refractivity contribution >= 4 is 33.3 Å². The van der Waals surface area contributed by atoms with Crippen molar-refractivity contribution in [3.8, 4) is 23.3 Å². The van der Waals surface area contributed by atoms with Gasteiger partial charge in [0.25, 0.3) is 0 Å². The summed E-state index contributed by atoms with van der Waals surface area (Å²) in [4.78, 5) is 12.8. The minimum Gasteiger partial charge on any atom is -0.483 e. The highest BCUT2D eigenvalue weighted by Gasteiger charge is 2.31. The van der Waals surface area contributed by atoms with Gasteiger partial charge >= 0.3 is 6.18 Å². The van der Waals surface area contributed by atoms with Crippen molar-refractivity contribution in [2.75, 3.05) is 0 Å². The summed E-state index contributed by atoms with van der Waals surface area (Å²) in [6.45, 7) is 1.53. The third-order valence-corrected chi connectivity index (χ3v) is 5.39. The summed E-state index contributed by atoms with van der Waals surface area (Å²) in [5, 5.41) is 9.31. The molecule has 0 heterocycles. The zero-order valence-electron chi connectivity index (χ0n) is 17.1. The van der Waals surface area contributed by atoms with E-state index in [1.54, 1.807) is 42.5 Å². The molecule has 3 aromatic carbocycles. The van der Waals surface area contributed by atoms with Crippen LogP contribution in [-0.4, -0.2) is 11.9 Å². The van der Waals surface area contributed by atoms with Crippen LogP contribution in [-0.2, 0) is 11.0 Å². The summed E-state index contributed by atoms with van der Waals surface area (Å²) in [6, 6.07) is 17.9. The molecule has 0 aliphatic rings. The second kappa shape index (κ2) is 10.3. The van der Waals surface area contributed by atoms with E-state index in [0.29, 0.717) is 5.56 Å². The molecule has 0 aliphatic carbocycles. The molecule has 2 atom stereocenters. The molecule has 0 aromatic heterocycles. The average Bonchev–Trinajstić information content (AvgIpc) is 2.75. The predicted octanol–water partition coefficient (Wildman–Crippen LogP) is 7.56. The first-order chi connectivity index (χ1) is 15.6. The lowest BCUT2D eigenvalue weighted by Gasteiger charge is -2.18. The van der Waals surface area contributed by atoms with Gasteiger partial charge in [0.15, 0.2) is 11.9 Å². The number of hydrogen-bond donors (Lipinski definition) is 0. The average molecular weight is 539 g/mol. The van der Waals surface area contributed by atoms with E-state index in [-0.39, 0.29) is 22.3 Å². The summed E-state index contributed by atoms with van der Waals surface area (Å²) in [6.07, 6.45) is -5.46. The van der Waals surface area contributed by atoms with Crippen LogP contribution in [0.3, 0.4) is 0 Å². The number of benzene rings is 3. The Bertz CT molecular complexity index is 1210. The molecule has 3 rings (SSSR count). The van der Waals surface area contributed by atoms with Crippen molar-refractivity contribution in [3.05, 3.63) is 87.4 Å². The quantitative estimate of drug-likeness (QED) is 0.311. The topological polar surface area (TPSA) is 59.3 Å². The van der Waals surface area contributed by atoms with Gasteiger partial charge in [-0.1, -0.05) is 45.7 Å². The van der Waals surface area contributed by atoms with Gasteiger partial charge in [-0.25, -0.2) is 0 Å². The number of rotatable bonds is 7. The van der Waals surface area contributed by atoms with Gasteiger partial charge in [0, 0.05) is 10.5 Å². The number of Topliss-reactive ketones (excluding diaryl/α,β-unsaturated/α-hetero) is 1. The Morgan fingerprint density at radius 3 is 2.39 bits per heavy atom. The Morgan fingerprint density at radius 2 is 1.76 bits per heavy atom. The molecule has 9 heteroatoms. The molecule has 33 heavy (non-hydrogen) atoms. The molecule has 0 aliphatic heterocycles. The molecule has 0 bridgehead atoms. The van der Waals surface area contributed by atoms with E-state index in [2.05, 4.69) is 15.9 Å². The maximum absolute atomic E-state index is 12.8. The summed E-state index contributed by atoms with van der Waals surface area (Å²) in [7, 11) is 0. The van der Waals surface area contributed by atoms with Crippen molar-refractivity contribution in [1.82, 2.24) is 0 Å². The molecule has 2 unspecified atom stereocenters. The van der Waals surface area contributed by atoms with E-state index in [4.69, 9.17) is 21.1 Å². The first-order valence-corrected chi connectivity index (χ1v) is 10.8. The van der Waals surface area contributed by atoms with Gasteiger partial charge in [-0.15, -0.1) is 0 Å². The highest BCUT2D eigenvalue weighted by Crippen LogP contribution is 2.37. The molecule has 0 radical (unpaired) electrons. The van der Waals surface area contributed by atoms with E-state index >= 15 is 0 Å². The number of hydrogen-bond acceptors (Lipinski definition) is 4. The van der Waals surface area contributed by atoms with E-state index in [1.807, 2.05) is 6.07 Å². The van der Waals surface area contributed by atoms with Crippen LogP contribution in [0.5, 0.6) is 17.2 Å². The molecular weight excluding hydrogens is 523 g/mol. The smallest absolute Gasteiger partial charge is 0.416 e. The molecule has 3 aromatic rings. The largest absolute Gasteiger partial charge is 0.483 e. The lowest BCUT2D eigenvalue weighted by molar-refractivity contribution is -0.137. The van der Waals surface area contributed by atoms with E-state index < -0.39 is 29.5 Å². The molecule has 0 spiro atoms. The lowest BCUT2D eigenvalue weighted by Crippen LogP contribution is -2.28. The van der Waals surface area contributed by atoms with Crippen LogP contribution < -0.4 is 9.47 Å². The molecule has 0 fully saturated rings. The number of nitrogens with zero attached hydrogens (tertiary/aromatic N) is 1.